The molecule has 0 radical (unpaired) electrons. The van der Waals surface area contributed by atoms with Crippen molar-refractivity contribution >= 4 is 34.6 Å². The van der Waals surface area contributed by atoms with Crippen molar-refractivity contribution in [2.75, 3.05) is 34.2 Å². The second-order valence-electron chi connectivity index (χ2n) is 12.6. The number of carbonyl (C=O) groups excluding carboxylic acids is 4. The van der Waals surface area contributed by atoms with Crippen LogP contribution in [-0.4, -0.2) is 90.4 Å². The lowest BCUT2D eigenvalue weighted by Gasteiger charge is -2.38. The molecule has 0 spiro atoms. The number of ether oxygens (including phenoxy) is 1. The smallest absolute Gasteiger partial charge is 0.410 e. The fraction of sp³-hybridized carbons (Fsp3) is 0.389. The maximum Gasteiger partial charge on any atom is 0.410 e. The zero-order chi connectivity index (χ0) is 32.7. The molecular weight excluding hydrogens is 568 g/mol. The Hall–Kier alpha value is -4.66. The second-order valence-corrected chi connectivity index (χ2v) is 12.6. The van der Waals surface area contributed by atoms with Gasteiger partial charge in [-0.2, -0.15) is 0 Å². The Labute approximate surface area is 265 Å². The Bertz CT molecular complexity index is 1540. The van der Waals surface area contributed by atoms with Crippen LogP contribution in [0.2, 0.25) is 0 Å². The molecule has 1 saturated heterocycles. The van der Waals surface area contributed by atoms with E-state index in [1.165, 1.54) is 15.9 Å². The van der Waals surface area contributed by atoms with E-state index in [2.05, 4.69) is 5.32 Å². The summed E-state index contributed by atoms with van der Waals surface area (Å²) in [6, 6.07) is 21.9. The van der Waals surface area contributed by atoms with Gasteiger partial charge in [0, 0.05) is 53.0 Å². The van der Waals surface area contributed by atoms with Crippen LogP contribution >= 0.6 is 0 Å². The van der Waals surface area contributed by atoms with Crippen LogP contribution in [0.5, 0.6) is 0 Å². The number of rotatable bonds is 10. The fourth-order valence-corrected chi connectivity index (χ4v) is 5.38. The third-order valence-corrected chi connectivity index (χ3v) is 8.05. The van der Waals surface area contributed by atoms with Crippen LogP contribution in [0.15, 0.2) is 84.9 Å². The maximum absolute atomic E-state index is 14.2. The summed E-state index contributed by atoms with van der Waals surface area (Å²) < 4.78 is 5.42. The Balaban J connectivity index is 1.54. The number of hydrogen-bond donors (Lipinski definition) is 1. The summed E-state index contributed by atoms with van der Waals surface area (Å²) in [4.78, 5) is 57.5. The standard InChI is InChI=1S/C36H44N4O5/c1-36(2,3)45-35(44)40-23-27(24-40)17-19-32(41)38(5)31(22-26-16-18-28-14-10-11-15-29(28)20-26)34(43)39(6)30(33(42)37-4)21-25-12-8-7-9-13-25/h7-20,27,30-31H,21-24H2,1-6H3,(H,37,42)/b19-17-/t30-,31-/m1/s1. The van der Waals surface area contributed by atoms with E-state index in [4.69, 9.17) is 4.74 Å². The van der Waals surface area contributed by atoms with E-state index in [1.807, 2.05) is 93.6 Å². The van der Waals surface area contributed by atoms with Gasteiger partial charge in [-0.3, -0.25) is 14.4 Å². The first-order valence-electron chi connectivity index (χ1n) is 15.3. The first-order valence-corrected chi connectivity index (χ1v) is 15.3. The average Bonchev–Trinajstić information content (AvgIpc) is 2.99. The Morgan fingerprint density at radius 1 is 0.867 bits per heavy atom. The molecule has 3 aromatic carbocycles. The number of carbonyl (C=O) groups is 4. The number of amides is 4. The zero-order valence-electron chi connectivity index (χ0n) is 27.0. The molecular formula is C36H44N4O5. The van der Waals surface area contributed by atoms with Crippen LogP contribution in [-0.2, 0) is 32.0 Å². The number of nitrogens with one attached hydrogen (secondary N) is 1. The number of nitrogens with zero attached hydrogens (tertiary/aromatic N) is 3. The van der Waals surface area contributed by atoms with Crippen LogP contribution in [0.25, 0.3) is 10.8 Å². The minimum Gasteiger partial charge on any atom is -0.444 e. The molecule has 1 N–H and O–H groups in total. The van der Waals surface area contributed by atoms with Crippen molar-refractivity contribution in [3.8, 4) is 0 Å². The number of fused-ring (bicyclic) bond motifs is 1. The molecule has 9 nitrogen and oxygen atoms in total. The quantitative estimate of drug-likeness (QED) is 0.341. The van der Waals surface area contributed by atoms with Crippen LogP contribution in [0.1, 0.15) is 31.9 Å². The summed E-state index contributed by atoms with van der Waals surface area (Å²) in [7, 11) is 4.78. The summed E-state index contributed by atoms with van der Waals surface area (Å²) in [6.07, 6.45) is 3.48. The Kier molecular flexibility index (Phi) is 10.6. The van der Waals surface area contributed by atoms with E-state index in [0.717, 1.165) is 21.9 Å². The molecule has 238 valence electrons. The van der Waals surface area contributed by atoms with Crippen molar-refractivity contribution in [2.24, 2.45) is 5.92 Å². The van der Waals surface area contributed by atoms with Crippen molar-refractivity contribution in [1.29, 1.82) is 0 Å². The topological polar surface area (TPSA) is 99.3 Å². The third kappa shape index (κ3) is 8.71. The molecule has 1 aliphatic heterocycles. The van der Waals surface area contributed by atoms with Crippen LogP contribution in [0.4, 0.5) is 4.79 Å². The van der Waals surface area contributed by atoms with E-state index < -0.39 is 17.7 Å². The molecule has 9 heteroatoms. The van der Waals surface area contributed by atoms with Gasteiger partial charge < -0.3 is 24.8 Å². The number of likely N-dealkylation sites (N-methyl/N-ethyl adjacent to an activating group) is 3. The predicted octanol–water partition coefficient (Wildman–Crippen LogP) is 4.45. The monoisotopic (exact) mass is 612 g/mol. The summed E-state index contributed by atoms with van der Waals surface area (Å²) in [5.41, 5.74) is 1.25. The SMILES string of the molecule is CNC(=O)[C@@H](Cc1ccccc1)N(C)C(=O)[C@@H](Cc1ccc2ccccc2c1)N(C)C(=O)/C=C\C1CN(C(=O)OC(C)(C)C)C1. The molecule has 1 aliphatic rings. The van der Waals surface area contributed by atoms with Crippen LogP contribution in [0.3, 0.4) is 0 Å². The predicted molar refractivity (Wildman–Crippen MR) is 175 cm³/mol. The van der Waals surface area contributed by atoms with E-state index in [0.29, 0.717) is 19.5 Å². The number of benzene rings is 3. The number of likely N-dealkylation sites (tertiary alicyclic amines) is 1. The highest BCUT2D eigenvalue weighted by Crippen LogP contribution is 2.22. The van der Waals surface area contributed by atoms with Crippen molar-refractivity contribution in [2.45, 2.75) is 51.3 Å². The number of hydrogen-bond acceptors (Lipinski definition) is 5. The van der Waals surface area contributed by atoms with Gasteiger partial charge in [-0.05, 0) is 48.7 Å². The molecule has 45 heavy (non-hydrogen) atoms. The first-order chi connectivity index (χ1) is 21.4. The highest BCUT2D eigenvalue weighted by atomic mass is 16.6. The summed E-state index contributed by atoms with van der Waals surface area (Å²) in [6.45, 7) is 6.38. The second kappa shape index (κ2) is 14.4. The van der Waals surface area contributed by atoms with E-state index >= 15 is 0 Å². The molecule has 0 aromatic heterocycles. The normalized spacial score (nSPS) is 14.8. The minimum atomic E-state index is -0.865. The average molecular weight is 613 g/mol. The van der Waals surface area contributed by atoms with E-state index in [9.17, 15) is 19.2 Å². The maximum atomic E-state index is 14.2. The Morgan fingerprint density at radius 2 is 1.49 bits per heavy atom. The van der Waals surface area contributed by atoms with Gasteiger partial charge in [-0.15, -0.1) is 0 Å². The van der Waals surface area contributed by atoms with Gasteiger partial charge in [-0.25, -0.2) is 4.79 Å². The molecule has 1 heterocycles. The van der Waals surface area contributed by atoms with Gasteiger partial charge in [0.2, 0.25) is 17.7 Å². The molecule has 0 saturated carbocycles. The minimum absolute atomic E-state index is 0.00989. The molecule has 0 bridgehead atoms. The van der Waals surface area contributed by atoms with Gasteiger partial charge in [0.05, 0.1) is 0 Å². The molecule has 3 aromatic rings. The highest BCUT2D eigenvalue weighted by Gasteiger charge is 2.35. The van der Waals surface area contributed by atoms with Gasteiger partial charge in [-0.1, -0.05) is 78.9 Å². The third-order valence-electron chi connectivity index (χ3n) is 8.05. The molecule has 0 aliphatic carbocycles. The van der Waals surface area contributed by atoms with Gasteiger partial charge in [0.1, 0.15) is 17.7 Å². The molecule has 2 atom stereocenters. The van der Waals surface area contributed by atoms with Crippen LogP contribution in [0, 0.1) is 5.92 Å². The lowest BCUT2D eigenvalue weighted by atomic mass is 9.98. The van der Waals surface area contributed by atoms with Gasteiger partial charge >= 0.3 is 6.09 Å². The van der Waals surface area contributed by atoms with Crippen LogP contribution < -0.4 is 5.32 Å². The van der Waals surface area contributed by atoms with Crippen molar-refractivity contribution in [1.82, 2.24) is 20.0 Å². The molecule has 0 unspecified atom stereocenters. The zero-order valence-corrected chi connectivity index (χ0v) is 27.0. The van der Waals surface area contributed by atoms with Gasteiger partial charge in [0.15, 0.2) is 0 Å². The summed E-state index contributed by atoms with van der Waals surface area (Å²) in [5.74, 6) is -0.947. The summed E-state index contributed by atoms with van der Waals surface area (Å²) >= 11 is 0. The van der Waals surface area contributed by atoms with Crippen molar-refractivity contribution in [3.63, 3.8) is 0 Å². The first kappa shape index (κ1) is 33.2. The Morgan fingerprint density at radius 3 is 2.13 bits per heavy atom. The van der Waals surface area contributed by atoms with Crippen molar-refractivity contribution < 1.29 is 23.9 Å². The van der Waals surface area contributed by atoms with Gasteiger partial charge in [0.25, 0.3) is 0 Å². The lowest BCUT2D eigenvalue weighted by Crippen LogP contribution is -2.55. The molecule has 1 fully saturated rings. The van der Waals surface area contributed by atoms with E-state index in [-0.39, 0.29) is 36.2 Å². The molecule has 4 rings (SSSR count). The highest BCUT2D eigenvalue weighted by molar-refractivity contribution is 5.95. The summed E-state index contributed by atoms with van der Waals surface area (Å²) in [5, 5.41) is 4.81. The van der Waals surface area contributed by atoms with Crippen molar-refractivity contribution in [3.05, 3.63) is 96.1 Å². The largest absolute Gasteiger partial charge is 0.444 e. The lowest BCUT2D eigenvalue weighted by molar-refractivity contribution is -0.146. The fourth-order valence-electron chi connectivity index (χ4n) is 5.38. The van der Waals surface area contributed by atoms with E-state index in [1.54, 1.807) is 32.1 Å². The molecule has 4 amide bonds.